The molecule has 1 aliphatic carbocycles. The van der Waals surface area contributed by atoms with Gasteiger partial charge in [-0.3, -0.25) is 4.79 Å². The van der Waals surface area contributed by atoms with Gasteiger partial charge in [-0.2, -0.15) is 0 Å². The second-order valence-corrected chi connectivity index (χ2v) is 5.03. The molecule has 0 aromatic rings. The molecule has 0 bridgehead atoms. The summed E-state index contributed by atoms with van der Waals surface area (Å²) in [5.41, 5.74) is 0.377. The average Bonchev–Trinajstić information content (AvgIpc) is 2.51. The van der Waals surface area contributed by atoms with Gasteiger partial charge in [0, 0.05) is 18.3 Å². The minimum Gasteiger partial charge on any atom is -0.356 e. The number of hydrogen-bond acceptors (Lipinski definition) is 1. The maximum Gasteiger partial charge on any atom is 0.220 e. The Kier molecular flexibility index (Phi) is 4.23. The first-order valence-corrected chi connectivity index (χ1v) is 6.11. The smallest absolute Gasteiger partial charge is 0.220 e. The van der Waals surface area contributed by atoms with Gasteiger partial charge in [0.05, 0.1) is 0 Å². The molecule has 0 atom stereocenters. The topological polar surface area (TPSA) is 29.1 Å². The molecule has 3 heteroatoms. The van der Waals surface area contributed by atoms with Gasteiger partial charge in [-0.05, 0) is 18.3 Å². The van der Waals surface area contributed by atoms with Crippen LogP contribution in [-0.4, -0.2) is 17.8 Å². The summed E-state index contributed by atoms with van der Waals surface area (Å²) in [7, 11) is 0. The number of nitrogens with one attached hydrogen (secondary N) is 1. The Morgan fingerprint density at radius 3 is 2.62 bits per heavy atom. The molecule has 0 unspecified atom stereocenters. The van der Waals surface area contributed by atoms with E-state index in [1.807, 2.05) is 0 Å². The highest BCUT2D eigenvalue weighted by Gasteiger charge is 2.28. The third kappa shape index (κ3) is 3.67. The van der Waals surface area contributed by atoms with Gasteiger partial charge in [-0.25, -0.2) is 0 Å². The number of carbonyl (C=O) groups excluding carboxylic acids is 1. The summed E-state index contributed by atoms with van der Waals surface area (Å²) in [5, 5.41) is 3.76. The van der Waals surface area contributed by atoms with E-state index in [-0.39, 0.29) is 5.91 Å². The van der Waals surface area contributed by atoms with E-state index in [2.05, 4.69) is 28.2 Å². The van der Waals surface area contributed by atoms with Crippen LogP contribution in [0.2, 0.25) is 0 Å². The van der Waals surface area contributed by atoms with Crippen LogP contribution in [0, 0.1) is 5.41 Å². The molecule has 1 fully saturated rings. The maximum absolute atomic E-state index is 11.2. The van der Waals surface area contributed by atoms with Gasteiger partial charge >= 0.3 is 0 Å². The monoisotopic (exact) mass is 247 g/mol. The standard InChI is InChI=1S/C10H18BrNO/c1-10(5-2-3-6-10)8-12-9(13)4-7-11/h2-8H2,1H3,(H,12,13). The second kappa shape index (κ2) is 4.99. The van der Waals surface area contributed by atoms with Gasteiger partial charge in [0.1, 0.15) is 0 Å². The first-order chi connectivity index (χ1) is 6.16. The lowest BCUT2D eigenvalue weighted by Crippen LogP contribution is -2.34. The Bertz CT molecular complexity index is 176. The molecule has 0 heterocycles. The largest absolute Gasteiger partial charge is 0.356 e. The molecular weight excluding hydrogens is 230 g/mol. The van der Waals surface area contributed by atoms with E-state index < -0.39 is 0 Å². The number of alkyl halides is 1. The van der Waals surface area contributed by atoms with Crippen molar-refractivity contribution in [2.24, 2.45) is 5.41 Å². The number of hydrogen-bond donors (Lipinski definition) is 1. The predicted molar refractivity (Wildman–Crippen MR) is 58.0 cm³/mol. The van der Waals surface area contributed by atoms with Gasteiger partial charge in [-0.15, -0.1) is 0 Å². The van der Waals surface area contributed by atoms with Gasteiger partial charge in [-0.1, -0.05) is 35.7 Å². The molecule has 1 N–H and O–H groups in total. The highest BCUT2D eigenvalue weighted by Crippen LogP contribution is 2.36. The van der Waals surface area contributed by atoms with Crippen molar-refractivity contribution >= 4 is 21.8 Å². The molecule has 2 nitrogen and oxygen atoms in total. The van der Waals surface area contributed by atoms with E-state index in [9.17, 15) is 4.79 Å². The Morgan fingerprint density at radius 2 is 2.08 bits per heavy atom. The summed E-state index contributed by atoms with van der Waals surface area (Å²) in [5.74, 6) is 0.171. The van der Waals surface area contributed by atoms with Crippen molar-refractivity contribution in [3.63, 3.8) is 0 Å². The molecule has 1 rings (SSSR count). The van der Waals surface area contributed by atoms with Gasteiger partial charge < -0.3 is 5.32 Å². The first-order valence-electron chi connectivity index (χ1n) is 4.99. The normalized spacial score (nSPS) is 20.2. The van der Waals surface area contributed by atoms with Crippen LogP contribution in [0.25, 0.3) is 0 Å². The van der Waals surface area contributed by atoms with Crippen LogP contribution < -0.4 is 5.32 Å². The van der Waals surface area contributed by atoms with Crippen LogP contribution in [0.1, 0.15) is 39.0 Å². The molecule has 13 heavy (non-hydrogen) atoms. The molecule has 76 valence electrons. The van der Waals surface area contributed by atoms with Crippen LogP contribution >= 0.6 is 15.9 Å². The first kappa shape index (κ1) is 11.0. The van der Waals surface area contributed by atoms with Crippen LogP contribution in [0.5, 0.6) is 0 Å². The molecule has 0 aromatic carbocycles. The van der Waals surface area contributed by atoms with Crippen molar-refractivity contribution in [2.75, 3.05) is 11.9 Å². The van der Waals surface area contributed by atoms with E-state index >= 15 is 0 Å². The zero-order valence-corrected chi connectivity index (χ0v) is 9.82. The number of amides is 1. The summed E-state index contributed by atoms with van der Waals surface area (Å²) in [6.07, 6.45) is 5.77. The molecule has 0 saturated heterocycles. The maximum atomic E-state index is 11.2. The Hall–Kier alpha value is -0.0500. The molecule has 0 aromatic heterocycles. The molecule has 0 radical (unpaired) electrons. The van der Waals surface area contributed by atoms with E-state index in [1.165, 1.54) is 25.7 Å². The predicted octanol–water partition coefficient (Wildman–Crippen LogP) is 2.47. The Morgan fingerprint density at radius 1 is 1.46 bits per heavy atom. The van der Waals surface area contributed by atoms with E-state index in [1.54, 1.807) is 0 Å². The Labute approximate surface area is 88.6 Å². The number of halogens is 1. The van der Waals surface area contributed by atoms with Crippen molar-refractivity contribution in [3.8, 4) is 0 Å². The van der Waals surface area contributed by atoms with Crippen molar-refractivity contribution in [2.45, 2.75) is 39.0 Å². The zero-order chi connectivity index (χ0) is 9.73. The quantitative estimate of drug-likeness (QED) is 0.761. The van der Waals surface area contributed by atoms with E-state index in [0.717, 1.165) is 11.9 Å². The third-order valence-corrected chi connectivity index (χ3v) is 3.24. The van der Waals surface area contributed by atoms with Gasteiger partial charge in [0.15, 0.2) is 0 Å². The molecule has 1 saturated carbocycles. The van der Waals surface area contributed by atoms with Gasteiger partial charge in [0.25, 0.3) is 0 Å². The van der Waals surface area contributed by atoms with Gasteiger partial charge in [0.2, 0.25) is 5.91 Å². The zero-order valence-electron chi connectivity index (χ0n) is 8.24. The summed E-state index contributed by atoms with van der Waals surface area (Å²) >= 11 is 3.26. The second-order valence-electron chi connectivity index (χ2n) is 4.23. The lowest BCUT2D eigenvalue weighted by molar-refractivity contribution is -0.121. The minimum atomic E-state index is 0.171. The number of carbonyl (C=O) groups is 1. The van der Waals surface area contributed by atoms with Crippen LogP contribution in [0.15, 0.2) is 0 Å². The number of rotatable bonds is 4. The molecular formula is C10H18BrNO. The summed E-state index contributed by atoms with van der Waals surface area (Å²) in [6.45, 7) is 3.13. The lowest BCUT2D eigenvalue weighted by Gasteiger charge is -2.23. The van der Waals surface area contributed by atoms with E-state index in [0.29, 0.717) is 11.8 Å². The third-order valence-electron chi connectivity index (χ3n) is 2.84. The van der Waals surface area contributed by atoms with E-state index in [4.69, 9.17) is 0 Å². The fourth-order valence-corrected chi connectivity index (χ4v) is 2.25. The van der Waals surface area contributed by atoms with Crippen molar-refractivity contribution < 1.29 is 4.79 Å². The summed E-state index contributed by atoms with van der Waals surface area (Å²) in [6, 6.07) is 0. The lowest BCUT2D eigenvalue weighted by atomic mass is 9.89. The fraction of sp³-hybridized carbons (Fsp3) is 0.900. The highest BCUT2D eigenvalue weighted by atomic mass is 79.9. The van der Waals surface area contributed by atoms with Crippen LogP contribution in [0.4, 0.5) is 0 Å². The molecule has 0 aliphatic heterocycles. The van der Waals surface area contributed by atoms with Crippen LogP contribution in [-0.2, 0) is 4.79 Å². The summed E-state index contributed by atoms with van der Waals surface area (Å²) in [4.78, 5) is 11.2. The average molecular weight is 248 g/mol. The van der Waals surface area contributed by atoms with Crippen LogP contribution in [0.3, 0.4) is 0 Å². The Balaban J connectivity index is 2.21. The summed E-state index contributed by atoms with van der Waals surface area (Å²) < 4.78 is 0. The SMILES string of the molecule is CC1(CNC(=O)CCBr)CCCC1. The highest BCUT2D eigenvalue weighted by molar-refractivity contribution is 9.09. The molecule has 0 spiro atoms. The molecule has 1 amide bonds. The van der Waals surface area contributed by atoms with Crippen molar-refractivity contribution in [1.29, 1.82) is 0 Å². The molecule has 1 aliphatic rings. The fourth-order valence-electron chi connectivity index (χ4n) is 1.89. The van der Waals surface area contributed by atoms with Crippen molar-refractivity contribution in [1.82, 2.24) is 5.32 Å². The van der Waals surface area contributed by atoms with Crippen molar-refractivity contribution in [3.05, 3.63) is 0 Å². The minimum absolute atomic E-state index is 0.171.